The van der Waals surface area contributed by atoms with Crippen LogP contribution in [0.1, 0.15) is 23.8 Å². The third kappa shape index (κ3) is 3.83. The molecule has 0 atom stereocenters. The Labute approximate surface area is 139 Å². The Morgan fingerprint density at radius 3 is 3.00 bits per heavy atom. The van der Waals surface area contributed by atoms with Crippen LogP contribution in [-0.4, -0.2) is 53.9 Å². The SMILES string of the molecule is CCOCCCNC(=O)c1cn(-c2ccc3c(c2)OCCO3)nn1. The van der Waals surface area contributed by atoms with Gasteiger partial charge in [-0.05, 0) is 25.5 Å². The Hall–Kier alpha value is -2.61. The van der Waals surface area contributed by atoms with Crippen molar-refractivity contribution < 1.29 is 19.0 Å². The summed E-state index contributed by atoms with van der Waals surface area (Å²) in [5.74, 6) is 1.11. The zero-order valence-corrected chi connectivity index (χ0v) is 13.5. The molecule has 1 aliphatic heterocycles. The molecule has 2 aromatic rings. The lowest BCUT2D eigenvalue weighted by Crippen LogP contribution is -2.25. The summed E-state index contributed by atoms with van der Waals surface area (Å²) in [5, 5.41) is 10.7. The van der Waals surface area contributed by atoms with Gasteiger partial charge in [0.25, 0.3) is 5.91 Å². The maximum absolute atomic E-state index is 12.0. The Bertz CT molecular complexity index is 701. The number of rotatable bonds is 7. The maximum Gasteiger partial charge on any atom is 0.273 e. The molecule has 8 heteroatoms. The van der Waals surface area contributed by atoms with Crippen LogP contribution in [0.15, 0.2) is 24.4 Å². The molecule has 0 fully saturated rings. The van der Waals surface area contributed by atoms with Gasteiger partial charge in [0.05, 0.1) is 11.9 Å². The molecule has 0 aliphatic carbocycles. The van der Waals surface area contributed by atoms with Gasteiger partial charge in [0.15, 0.2) is 17.2 Å². The predicted molar refractivity (Wildman–Crippen MR) is 85.8 cm³/mol. The minimum Gasteiger partial charge on any atom is -0.486 e. The molecule has 0 saturated carbocycles. The van der Waals surface area contributed by atoms with Crippen LogP contribution in [0, 0.1) is 0 Å². The quantitative estimate of drug-likeness (QED) is 0.767. The van der Waals surface area contributed by atoms with E-state index in [1.807, 2.05) is 25.1 Å². The second-order valence-electron chi connectivity index (χ2n) is 5.18. The molecule has 128 valence electrons. The third-order valence-corrected chi connectivity index (χ3v) is 3.47. The molecule has 8 nitrogen and oxygen atoms in total. The van der Waals surface area contributed by atoms with Gasteiger partial charge in [-0.1, -0.05) is 5.21 Å². The molecule has 1 amide bonds. The number of amides is 1. The number of ether oxygens (including phenoxy) is 3. The Morgan fingerprint density at radius 2 is 2.17 bits per heavy atom. The van der Waals surface area contributed by atoms with Gasteiger partial charge < -0.3 is 19.5 Å². The first-order valence-corrected chi connectivity index (χ1v) is 7.96. The van der Waals surface area contributed by atoms with Crippen molar-refractivity contribution in [3.8, 4) is 17.2 Å². The van der Waals surface area contributed by atoms with Crippen LogP contribution in [0.5, 0.6) is 11.5 Å². The number of nitrogens with one attached hydrogen (secondary N) is 1. The molecule has 1 aromatic carbocycles. The van der Waals surface area contributed by atoms with Crippen molar-refractivity contribution >= 4 is 5.91 Å². The van der Waals surface area contributed by atoms with Crippen LogP contribution in [0.3, 0.4) is 0 Å². The van der Waals surface area contributed by atoms with Crippen LogP contribution < -0.4 is 14.8 Å². The number of hydrogen-bond donors (Lipinski definition) is 1. The first-order valence-electron chi connectivity index (χ1n) is 7.96. The van der Waals surface area contributed by atoms with E-state index in [1.165, 1.54) is 4.68 Å². The van der Waals surface area contributed by atoms with E-state index in [0.717, 1.165) is 12.1 Å². The van der Waals surface area contributed by atoms with E-state index in [2.05, 4.69) is 15.6 Å². The van der Waals surface area contributed by atoms with E-state index in [-0.39, 0.29) is 11.6 Å². The van der Waals surface area contributed by atoms with Crippen LogP contribution in [-0.2, 0) is 4.74 Å². The topological polar surface area (TPSA) is 87.5 Å². The molecular formula is C16H20N4O4. The third-order valence-electron chi connectivity index (χ3n) is 3.47. The van der Waals surface area contributed by atoms with Crippen molar-refractivity contribution in [2.24, 2.45) is 0 Å². The van der Waals surface area contributed by atoms with Crippen molar-refractivity contribution in [1.82, 2.24) is 20.3 Å². The number of hydrogen-bond acceptors (Lipinski definition) is 6. The predicted octanol–water partition coefficient (Wildman–Crippen LogP) is 1.19. The van der Waals surface area contributed by atoms with Crippen LogP contribution >= 0.6 is 0 Å². The largest absolute Gasteiger partial charge is 0.486 e. The molecule has 1 aliphatic rings. The summed E-state index contributed by atoms with van der Waals surface area (Å²) < 4.78 is 17.8. The van der Waals surface area contributed by atoms with Gasteiger partial charge in [0.1, 0.15) is 13.2 Å². The van der Waals surface area contributed by atoms with Crippen LogP contribution in [0.4, 0.5) is 0 Å². The van der Waals surface area contributed by atoms with Crippen molar-refractivity contribution in [3.05, 3.63) is 30.1 Å². The number of carbonyl (C=O) groups is 1. The average Bonchev–Trinajstić information content (AvgIpc) is 3.11. The highest BCUT2D eigenvalue weighted by molar-refractivity contribution is 5.91. The van der Waals surface area contributed by atoms with Gasteiger partial charge in [0, 0.05) is 25.8 Å². The summed E-state index contributed by atoms with van der Waals surface area (Å²) in [4.78, 5) is 12.0. The Morgan fingerprint density at radius 1 is 1.33 bits per heavy atom. The first kappa shape index (κ1) is 16.3. The smallest absolute Gasteiger partial charge is 0.273 e. The van der Waals surface area contributed by atoms with E-state index >= 15 is 0 Å². The summed E-state index contributed by atoms with van der Waals surface area (Å²) in [6, 6.07) is 5.47. The van der Waals surface area contributed by atoms with Crippen LogP contribution in [0.2, 0.25) is 0 Å². The van der Waals surface area contributed by atoms with E-state index in [0.29, 0.717) is 44.5 Å². The van der Waals surface area contributed by atoms with E-state index < -0.39 is 0 Å². The minimum absolute atomic E-state index is 0.254. The first-order chi connectivity index (χ1) is 11.8. The van der Waals surface area contributed by atoms with Crippen molar-refractivity contribution in [1.29, 1.82) is 0 Å². The highest BCUT2D eigenvalue weighted by Gasteiger charge is 2.15. The van der Waals surface area contributed by atoms with Gasteiger partial charge in [-0.3, -0.25) is 4.79 Å². The second kappa shape index (κ2) is 7.78. The van der Waals surface area contributed by atoms with Gasteiger partial charge in [-0.25, -0.2) is 4.68 Å². The molecule has 1 aromatic heterocycles. The molecule has 24 heavy (non-hydrogen) atoms. The fraction of sp³-hybridized carbons (Fsp3) is 0.438. The lowest BCUT2D eigenvalue weighted by atomic mass is 10.2. The average molecular weight is 332 g/mol. The summed E-state index contributed by atoms with van der Waals surface area (Å²) in [6.45, 7) is 4.84. The number of nitrogens with zero attached hydrogens (tertiary/aromatic N) is 3. The molecule has 0 saturated heterocycles. The van der Waals surface area contributed by atoms with Gasteiger partial charge >= 0.3 is 0 Å². The van der Waals surface area contributed by atoms with E-state index in [1.54, 1.807) is 6.20 Å². The summed E-state index contributed by atoms with van der Waals surface area (Å²) in [7, 11) is 0. The molecule has 3 rings (SSSR count). The molecule has 0 bridgehead atoms. The molecular weight excluding hydrogens is 312 g/mol. The fourth-order valence-corrected chi connectivity index (χ4v) is 2.28. The Balaban J connectivity index is 1.61. The molecule has 1 N–H and O–H groups in total. The summed E-state index contributed by atoms with van der Waals surface area (Å²) in [6.07, 6.45) is 2.35. The summed E-state index contributed by atoms with van der Waals surface area (Å²) in [5.41, 5.74) is 1.02. The van der Waals surface area contributed by atoms with Crippen molar-refractivity contribution in [2.45, 2.75) is 13.3 Å². The fourth-order valence-electron chi connectivity index (χ4n) is 2.28. The van der Waals surface area contributed by atoms with Crippen molar-refractivity contribution in [3.63, 3.8) is 0 Å². The van der Waals surface area contributed by atoms with Gasteiger partial charge in [0.2, 0.25) is 0 Å². The molecule has 0 unspecified atom stereocenters. The zero-order chi connectivity index (χ0) is 16.8. The number of fused-ring (bicyclic) bond motifs is 1. The van der Waals surface area contributed by atoms with Gasteiger partial charge in [-0.15, -0.1) is 5.10 Å². The maximum atomic E-state index is 12.0. The lowest BCUT2D eigenvalue weighted by molar-refractivity contribution is 0.0939. The normalized spacial score (nSPS) is 12.9. The van der Waals surface area contributed by atoms with Gasteiger partial charge in [-0.2, -0.15) is 0 Å². The molecule has 2 heterocycles. The van der Waals surface area contributed by atoms with E-state index in [4.69, 9.17) is 14.2 Å². The molecule has 0 radical (unpaired) electrons. The number of aromatic nitrogens is 3. The van der Waals surface area contributed by atoms with Crippen molar-refractivity contribution in [2.75, 3.05) is 33.0 Å². The second-order valence-corrected chi connectivity index (χ2v) is 5.18. The highest BCUT2D eigenvalue weighted by atomic mass is 16.6. The zero-order valence-electron chi connectivity index (χ0n) is 13.5. The minimum atomic E-state index is -0.254. The highest BCUT2D eigenvalue weighted by Crippen LogP contribution is 2.31. The summed E-state index contributed by atoms with van der Waals surface area (Å²) >= 11 is 0. The van der Waals surface area contributed by atoms with E-state index in [9.17, 15) is 4.79 Å². The monoisotopic (exact) mass is 332 g/mol. The number of benzene rings is 1. The standard InChI is InChI=1S/C16H20N4O4/c1-2-22-7-3-6-17-16(21)13-11-20(19-18-13)12-4-5-14-15(10-12)24-9-8-23-14/h4-5,10-11H,2-3,6-9H2,1H3,(H,17,21). The lowest BCUT2D eigenvalue weighted by Gasteiger charge is -2.18. The van der Waals surface area contributed by atoms with Crippen LogP contribution in [0.25, 0.3) is 5.69 Å². The Kier molecular flexibility index (Phi) is 5.27. The number of carbonyl (C=O) groups excluding carboxylic acids is 1. The molecule has 0 spiro atoms.